The van der Waals surface area contributed by atoms with Crippen molar-refractivity contribution in [1.82, 2.24) is 0 Å². The van der Waals surface area contributed by atoms with Crippen LogP contribution >= 0.6 is 0 Å². The first-order valence-corrected chi connectivity index (χ1v) is 7.61. The minimum atomic E-state index is -3.92. The molecule has 21 heavy (non-hydrogen) atoms. The molecule has 0 aliphatic heterocycles. The van der Waals surface area contributed by atoms with Crippen LogP contribution in [0.4, 0.5) is 5.69 Å². The monoisotopic (exact) mass is 306 g/mol. The zero-order valence-electron chi connectivity index (χ0n) is 11.0. The Kier molecular flexibility index (Phi) is 4.25. The van der Waals surface area contributed by atoms with Crippen LogP contribution in [-0.4, -0.2) is 19.4 Å². The molecule has 2 aromatic rings. The topological polar surface area (TPSA) is 109 Å². The Bertz CT molecular complexity index is 772. The van der Waals surface area contributed by atoms with Crippen LogP contribution in [0.5, 0.6) is 5.75 Å². The molecule has 1 amide bonds. The number of hydrogen-bond acceptors (Lipinski definition) is 4. The molecule has 0 aliphatic rings. The zero-order valence-corrected chi connectivity index (χ0v) is 11.8. The van der Waals surface area contributed by atoms with Crippen molar-refractivity contribution in [3.8, 4) is 5.75 Å². The molecular weight excluding hydrogens is 292 g/mol. The van der Waals surface area contributed by atoms with Crippen molar-refractivity contribution in [2.75, 3.05) is 5.32 Å². The number of anilines is 1. The molecule has 0 aliphatic carbocycles. The lowest BCUT2D eigenvalue weighted by atomic mass is 10.1. The van der Waals surface area contributed by atoms with Crippen molar-refractivity contribution in [3.63, 3.8) is 0 Å². The summed E-state index contributed by atoms with van der Waals surface area (Å²) in [5, 5.41) is 17.2. The van der Waals surface area contributed by atoms with Crippen LogP contribution in [0.2, 0.25) is 0 Å². The van der Waals surface area contributed by atoms with E-state index in [2.05, 4.69) is 5.32 Å². The summed E-state index contributed by atoms with van der Waals surface area (Å²) in [6.45, 7) is 0. The van der Waals surface area contributed by atoms with Crippen molar-refractivity contribution in [3.05, 3.63) is 54.1 Å². The Morgan fingerprint density at radius 3 is 2.38 bits per heavy atom. The lowest BCUT2D eigenvalue weighted by molar-refractivity contribution is -0.115. The van der Waals surface area contributed by atoms with Crippen molar-refractivity contribution < 1.29 is 18.3 Å². The van der Waals surface area contributed by atoms with Gasteiger partial charge in [-0.1, -0.05) is 30.3 Å². The van der Waals surface area contributed by atoms with Crippen molar-refractivity contribution >= 4 is 21.6 Å². The number of rotatable bonds is 4. The summed E-state index contributed by atoms with van der Waals surface area (Å²) in [4.78, 5) is 11.8. The summed E-state index contributed by atoms with van der Waals surface area (Å²) in [6, 6.07) is 12.3. The highest BCUT2D eigenvalue weighted by Gasteiger charge is 2.15. The number of phenols is 1. The lowest BCUT2D eigenvalue weighted by Crippen LogP contribution is -2.19. The highest BCUT2D eigenvalue weighted by molar-refractivity contribution is 7.89. The van der Waals surface area contributed by atoms with Crippen molar-refractivity contribution in [1.29, 1.82) is 0 Å². The molecule has 0 unspecified atom stereocenters. The number of benzene rings is 2. The van der Waals surface area contributed by atoms with E-state index in [1.165, 1.54) is 24.3 Å². The van der Waals surface area contributed by atoms with Crippen molar-refractivity contribution in [2.45, 2.75) is 11.3 Å². The fourth-order valence-corrected chi connectivity index (χ4v) is 2.54. The smallest absolute Gasteiger partial charge is 0.240 e. The SMILES string of the molecule is NS(=O)(=O)c1ccccc1NC(=O)Cc1ccccc1O. The number of carbonyl (C=O) groups excluding carboxylic acids is 1. The van der Waals surface area contributed by atoms with Gasteiger partial charge < -0.3 is 10.4 Å². The van der Waals surface area contributed by atoms with Crippen LogP contribution in [0.15, 0.2) is 53.4 Å². The van der Waals surface area contributed by atoms with Gasteiger partial charge in [0, 0.05) is 5.56 Å². The van der Waals surface area contributed by atoms with Crippen LogP contribution in [0, 0.1) is 0 Å². The molecule has 0 atom stereocenters. The molecule has 0 saturated heterocycles. The number of nitrogens with two attached hydrogens (primary N) is 1. The molecule has 2 rings (SSSR count). The van der Waals surface area contributed by atoms with Gasteiger partial charge >= 0.3 is 0 Å². The first-order valence-electron chi connectivity index (χ1n) is 6.06. The van der Waals surface area contributed by atoms with Crippen LogP contribution in [0.25, 0.3) is 0 Å². The molecule has 0 heterocycles. The van der Waals surface area contributed by atoms with E-state index in [1.807, 2.05) is 0 Å². The zero-order chi connectivity index (χ0) is 15.5. The Hall–Kier alpha value is -2.38. The Morgan fingerprint density at radius 1 is 1.10 bits per heavy atom. The van der Waals surface area contributed by atoms with Crippen LogP contribution in [-0.2, 0) is 21.2 Å². The summed E-state index contributed by atoms with van der Waals surface area (Å²) in [6.07, 6.45) is -0.0778. The molecule has 0 saturated carbocycles. The number of hydrogen-bond donors (Lipinski definition) is 3. The number of aromatic hydroxyl groups is 1. The first kappa shape index (κ1) is 15.0. The molecule has 7 heteroatoms. The molecule has 0 bridgehead atoms. The average molecular weight is 306 g/mol. The van der Waals surface area contributed by atoms with Gasteiger partial charge in [0.05, 0.1) is 12.1 Å². The number of primary sulfonamides is 1. The molecule has 6 nitrogen and oxygen atoms in total. The lowest BCUT2D eigenvalue weighted by Gasteiger charge is -2.10. The molecule has 0 fully saturated rings. The standard InChI is InChI=1S/C14H14N2O4S/c15-21(19,20)13-8-4-2-6-11(13)16-14(18)9-10-5-1-3-7-12(10)17/h1-8,17H,9H2,(H,16,18)(H2,15,19,20). The molecule has 0 aromatic heterocycles. The third kappa shape index (κ3) is 3.80. The summed E-state index contributed by atoms with van der Waals surface area (Å²) >= 11 is 0. The number of sulfonamides is 1. The van der Waals surface area contributed by atoms with Crippen molar-refractivity contribution in [2.24, 2.45) is 5.14 Å². The summed E-state index contributed by atoms with van der Waals surface area (Å²) in [7, 11) is -3.92. The Balaban J connectivity index is 2.20. The quantitative estimate of drug-likeness (QED) is 0.789. The summed E-state index contributed by atoms with van der Waals surface area (Å²) < 4.78 is 22.9. The van der Waals surface area contributed by atoms with Gasteiger partial charge in [0.1, 0.15) is 10.6 Å². The third-order valence-corrected chi connectivity index (χ3v) is 3.78. The number of nitrogens with one attached hydrogen (secondary N) is 1. The number of amides is 1. The minimum Gasteiger partial charge on any atom is -0.508 e. The molecule has 0 radical (unpaired) electrons. The minimum absolute atomic E-state index is 0.00683. The fourth-order valence-electron chi connectivity index (χ4n) is 1.85. The second-order valence-electron chi connectivity index (χ2n) is 4.39. The van der Waals surface area contributed by atoms with Gasteiger partial charge in [-0.05, 0) is 18.2 Å². The van der Waals surface area contributed by atoms with E-state index < -0.39 is 15.9 Å². The van der Waals surface area contributed by atoms with E-state index in [0.29, 0.717) is 5.56 Å². The molecule has 0 spiro atoms. The number of carbonyl (C=O) groups is 1. The van der Waals surface area contributed by atoms with Gasteiger partial charge in [-0.15, -0.1) is 0 Å². The largest absolute Gasteiger partial charge is 0.508 e. The second-order valence-corrected chi connectivity index (χ2v) is 5.92. The Labute approximate surface area is 122 Å². The first-order chi connectivity index (χ1) is 9.88. The maximum atomic E-state index is 12.0. The van der Waals surface area contributed by atoms with E-state index in [-0.39, 0.29) is 22.8 Å². The number of para-hydroxylation sites is 2. The highest BCUT2D eigenvalue weighted by atomic mass is 32.2. The third-order valence-electron chi connectivity index (χ3n) is 2.81. The normalized spacial score (nSPS) is 11.1. The van der Waals surface area contributed by atoms with E-state index >= 15 is 0 Å². The van der Waals surface area contributed by atoms with Gasteiger partial charge in [0.15, 0.2) is 0 Å². The maximum absolute atomic E-state index is 12.0. The predicted octanol–water partition coefficient (Wildman–Crippen LogP) is 1.22. The van der Waals surface area contributed by atoms with Crippen LogP contribution < -0.4 is 10.5 Å². The van der Waals surface area contributed by atoms with Crippen LogP contribution in [0.3, 0.4) is 0 Å². The molecule has 4 N–H and O–H groups in total. The molecular formula is C14H14N2O4S. The maximum Gasteiger partial charge on any atom is 0.240 e. The highest BCUT2D eigenvalue weighted by Crippen LogP contribution is 2.21. The second kappa shape index (κ2) is 5.94. The summed E-state index contributed by atoms with van der Waals surface area (Å²) in [5.74, 6) is -0.444. The average Bonchev–Trinajstić information content (AvgIpc) is 2.41. The van der Waals surface area contributed by atoms with Gasteiger partial charge in [-0.3, -0.25) is 4.79 Å². The number of phenolic OH excluding ortho intramolecular Hbond substituents is 1. The van der Waals surface area contributed by atoms with Gasteiger partial charge in [-0.25, -0.2) is 13.6 Å². The molecule has 110 valence electrons. The molecule has 2 aromatic carbocycles. The van der Waals surface area contributed by atoms with Crippen LogP contribution in [0.1, 0.15) is 5.56 Å². The van der Waals surface area contributed by atoms with Gasteiger partial charge in [0.2, 0.25) is 15.9 Å². The van der Waals surface area contributed by atoms with E-state index in [0.717, 1.165) is 0 Å². The summed E-state index contributed by atoms with van der Waals surface area (Å²) in [5.41, 5.74) is 0.559. The van der Waals surface area contributed by atoms with E-state index in [4.69, 9.17) is 5.14 Å². The van der Waals surface area contributed by atoms with E-state index in [1.54, 1.807) is 24.3 Å². The Morgan fingerprint density at radius 2 is 1.71 bits per heavy atom. The fraction of sp³-hybridized carbons (Fsp3) is 0.0714. The predicted molar refractivity (Wildman–Crippen MR) is 78.3 cm³/mol. The van der Waals surface area contributed by atoms with Gasteiger partial charge in [-0.2, -0.15) is 0 Å². The van der Waals surface area contributed by atoms with E-state index in [9.17, 15) is 18.3 Å². The van der Waals surface area contributed by atoms with Gasteiger partial charge in [0.25, 0.3) is 0 Å².